The summed E-state index contributed by atoms with van der Waals surface area (Å²) in [5.74, 6) is 0.0392. The molecule has 32 heavy (non-hydrogen) atoms. The monoisotopic (exact) mass is 457 g/mol. The number of carbonyl (C=O) groups is 2. The number of ether oxygens (including phenoxy) is 3. The van der Waals surface area contributed by atoms with Crippen LogP contribution >= 0.6 is 0 Å². The highest BCUT2D eigenvalue weighted by atomic mass is 19.4. The molecule has 0 aromatic carbocycles. The Morgan fingerprint density at radius 1 is 1.41 bits per heavy atom. The Balaban J connectivity index is 2.14. The number of nitrogen functional groups attached to an aromatic ring is 1. The standard InChI is InChI=1S/C18H18F3N5O6/c1-4-5-25-10-7-23-16(22)24-14(10)26(17(25)29)15-12(30-8(2)27)6-11(32-15)13(18(19,20)21)31-9(3)28/h1,7,11-13,15H,5-6H2,2-3H3,(H2,22,23,24)/t11-,12+,13?,15+/m0/s1. The van der Waals surface area contributed by atoms with Gasteiger partial charge in [-0.15, -0.1) is 6.42 Å². The van der Waals surface area contributed by atoms with Crippen molar-refractivity contribution in [1.82, 2.24) is 19.1 Å². The van der Waals surface area contributed by atoms with Crippen molar-refractivity contribution in [2.75, 3.05) is 5.73 Å². The molecule has 172 valence electrons. The normalized spacial score (nSPS) is 21.8. The van der Waals surface area contributed by atoms with Crippen molar-refractivity contribution in [3.8, 4) is 12.3 Å². The molecule has 1 aliphatic rings. The third-order valence-electron chi connectivity index (χ3n) is 4.60. The van der Waals surface area contributed by atoms with Gasteiger partial charge in [0.1, 0.15) is 17.7 Å². The fourth-order valence-corrected chi connectivity index (χ4v) is 3.49. The van der Waals surface area contributed by atoms with Crippen LogP contribution in [0.5, 0.6) is 0 Å². The van der Waals surface area contributed by atoms with Crippen LogP contribution in [0.2, 0.25) is 0 Å². The van der Waals surface area contributed by atoms with Gasteiger partial charge >= 0.3 is 23.8 Å². The number of fused-ring (bicyclic) bond motifs is 1. The van der Waals surface area contributed by atoms with Crippen molar-refractivity contribution in [1.29, 1.82) is 0 Å². The molecule has 1 fully saturated rings. The van der Waals surface area contributed by atoms with Crippen molar-refractivity contribution in [3.05, 3.63) is 16.7 Å². The Morgan fingerprint density at radius 2 is 2.09 bits per heavy atom. The molecule has 3 rings (SSSR count). The van der Waals surface area contributed by atoms with Gasteiger partial charge in [0.05, 0.1) is 12.7 Å². The zero-order valence-electron chi connectivity index (χ0n) is 16.8. The van der Waals surface area contributed by atoms with Crippen LogP contribution in [0.3, 0.4) is 0 Å². The maximum absolute atomic E-state index is 13.5. The molecule has 0 amide bonds. The van der Waals surface area contributed by atoms with Gasteiger partial charge in [-0.3, -0.25) is 14.2 Å². The molecule has 0 radical (unpaired) electrons. The van der Waals surface area contributed by atoms with E-state index in [0.29, 0.717) is 0 Å². The van der Waals surface area contributed by atoms with E-state index < -0.39 is 54.8 Å². The maximum atomic E-state index is 13.5. The third-order valence-corrected chi connectivity index (χ3v) is 4.60. The van der Waals surface area contributed by atoms with Crippen LogP contribution in [-0.2, 0) is 30.3 Å². The molecule has 1 saturated heterocycles. The summed E-state index contributed by atoms with van der Waals surface area (Å²) >= 11 is 0. The van der Waals surface area contributed by atoms with E-state index in [2.05, 4.69) is 20.6 Å². The zero-order valence-corrected chi connectivity index (χ0v) is 16.8. The van der Waals surface area contributed by atoms with Gasteiger partial charge in [0.2, 0.25) is 12.1 Å². The smallest absolute Gasteiger partial charge is 0.428 e. The molecular weight excluding hydrogens is 439 g/mol. The minimum atomic E-state index is -4.99. The predicted octanol–water partition coefficient (Wildman–Crippen LogP) is 0.522. The minimum absolute atomic E-state index is 0.0865. The van der Waals surface area contributed by atoms with E-state index in [4.69, 9.17) is 21.6 Å². The second-order valence-corrected chi connectivity index (χ2v) is 6.90. The van der Waals surface area contributed by atoms with E-state index in [1.165, 1.54) is 6.20 Å². The number of terminal acetylenes is 1. The molecule has 0 spiro atoms. The number of nitrogens with two attached hydrogens (primary N) is 1. The van der Waals surface area contributed by atoms with E-state index in [1.807, 2.05) is 0 Å². The Bertz CT molecular complexity index is 1150. The van der Waals surface area contributed by atoms with E-state index in [9.17, 15) is 27.6 Å². The topological polar surface area (TPSA) is 141 Å². The zero-order chi connectivity index (χ0) is 23.8. The number of carbonyl (C=O) groups excluding carboxylic acids is 2. The molecule has 2 N–H and O–H groups in total. The number of nitrogens with zero attached hydrogens (tertiary/aromatic N) is 4. The summed E-state index contributed by atoms with van der Waals surface area (Å²) < 4.78 is 57.6. The largest absolute Gasteiger partial charge is 0.458 e. The van der Waals surface area contributed by atoms with Crippen molar-refractivity contribution in [3.63, 3.8) is 0 Å². The summed E-state index contributed by atoms with van der Waals surface area (Å²) in [5.41, 5.74) is 4.87. The first kappa shape index (κ1) is 23.1. The van der Waals surface area contributed by atoms with Crippen LogP contribution in [0.4, 0.5) is 19.1 Å². The summed E-state index contributed by atoms with van der Waals surface area (Å²) in [6.07, 6.45) is -6.28. The number of rotatable bonds is 5. The lowest BCUT2D eigenvalue weighted by molar-refractivity contribution is -0.248. The van der Waals surface area contributed by atoms with Gasteiger partial charge in [-0.2, -0.15) is 18.2 Å². The summed E-state index contributed by atoms with van der Waals surface area (Å²) in [5, 5.41) is 0. The number of anilines is 1. The predicted molar refractivity (Wildman–Crippen MR) is 101 cm³/mol. The van der Waals surface area contributed by atoms with Crippen molar-refractivity contribution >= 4 is 29.1 Å². The highest BCUT2D eigenvalue weighted by Crippen LogP contribution is 2.39. The van der Waals surface area contributed by atoms with Crippen LogP contribution in [0, 0.1) is 12.3 Å². The third kappa shape index (κ3) is 4.37. The highest BCUT2D eigenvalue weighted by Gasteiger charge is 2.54. The number of esters is 2. The molecule has 1 aliphatic heterocycles. The number of imidazole rings is 1. The van der Waals surface area contributed by atoms with Gasteiger partial charge in [0.15, 0.2) is 11.9 Å². The second kappa shape index (κ2) is 8.50. The molecule has 14 heteroatoms. The second-order valence-electron chi connectivity index (χ2n) is 6.90. The average molecular weight is 457 g/mol. The first-order valence-electron chi connectivity index (χ1n) is 9.17. The van der Waals surface area contributed by atoms with Crippen LogP contribution in [-0.4, -0.2) is 55.5 Å². The Hall–Kier alpha value is -3.60. The lowest BCUT2D eigenvalue weighted by Gasteiger charge is -2.25. The summed E-state index contributed by atoms with van der Waals surface area (Å²) in [7, 11) is 0. The van der Waals surface area contributed by atoms with Gasteiger partial charge < -0.3 is 19.9 Å². The fourth-order valence-electron chi connectivity index (χ4n) is 3.49. The Labute approximate surface area is 178 Å². The van der Waals surface area contributed by atoms with Gasteiger partial charge in [0, 0.05) is 20.3 Å². The maximum Gasteiger partial charge on any atom is 0.428 e. The van der Waals surface area contributed by atoms with E-state index in [0.717, 1.165) is 23.0 Å². The molecular formula is C18H18F3N5O6. The van der Waals surface area contributed by atoms with E-state index in [1.54, 1.807) is 0 Å². The van der Waals surface area contributed by atoms with Crippen molar-refractivity contribution in [2.24, 2.45) is 0 Å². The SMILES string of the molecule is C#CCn1c(=O)n([C@@H]2O[C@H](C(OC(C)=O)C(F)(F)F)C[C@H]2OC(C)=O)c2nc(N)ncc21. The van der Waals surface area contributed by atoms with Crippen LogP contribution in [0.25, 0.3) is 11.2 Å². The lowest BCUT2D eigenvalue weighted by atomic mass is 10.1. The average Bonchev–Trinajstić information content (AvgIpc) is 3.17. The minimum Gasteiger partial charge on any atom is -0.458 e. The van der Waals surface area contributed by atoms with Crippen LogP contribution < -0.4 is 11.4 Å². The first-order chi connectivity index (χ1) is 14.9. The Kier molecular flexibility index (Phi) is 6.13. The number of halogens is 3. The lowest BCUT2D eigenvalue weighted by Crippen LogP contribution is -2.43. The summed E-state index contributed by atoms with van der Waals surface area (Å²) in [4.78, 5) is 43.7. The van der Waals surface area contributed by atoms with E-state index >= 15 is 0 Å². The number of hydrogen-bond donors (Lipinski definition) is 1. The molecule has 4 atom stereocenters. The summed E-state index contributed by atoms with van der Waals surface area (Å²) in [6, 6.07) is 0. The van der Waals surface area contributed by atoms with Gasteiger partial charge in [-0.25, -0.2) is 14.3 Å². The van der Waals surface area contributed by atoms with Gasteiger partial charge in [0.25, 0.3) is 0 Å². The molecule has 11 nitrogen and oxygen atoms in total. The quantitative estimate of drug-likeness (QED) is 0.503. The first-order valence-corrected chi connectivity index (χ1v) is 9.17. The molecule has 2 aromatic rings. The molecule has 2 aromatic heterocycles. The van der Waals surface area contributed by atoms with Crippen LogP contribution in [0.15, 0.2) is 11.0 Å². The highest BCUT2D eigenvalue weighted by molar-refractivity contribution is 5.72. The van der Waals surface area contributed by atoms with E-state index in [-0.39, 0.29) is 23.7 Å². The number of aromatic nitrogens is 4. The van der Waals surface area contributed by atoms with Crippen molar-refractivity contribution < 1.29 is 37.0 Å². The molecule has 3 heterocycles. The fraction of sp³-hybridized carbons (Fsp3) is 0.500. The summed E-state index contributed by atoms with van der Waals surface area (Å²) in [6.45, 7) is 1.65. The number of hydrogen-bond acceptors (Lipinski definition) is 9. The molecule has 0 aliphatic carbocycles. The molecule has 0 bridgehead atoms. The Morgan fingerprint density at radius 3 is 2.66 bits per heavy atom. The number of alkyl halides is 3. The van der Waals surface area contributed by atoms with Gasteiger partial charge in [-0.05, 0) is 0 Å². The van der Waals surface area contributed by atoms with Crippen LogP contribution in [0.1, 0.15) is 26.5 Å². The molecule has 1 unspecified atom stereocenters. The molecule has 0 saturated carbocycles. The van der Waals surface area contributed by atoms with Gasteiger partial charge in [-0.1, -0.05) is 5.92 Å². The van der Waals surface area contributed by atoms with Crippen molar-refractivity contribution in [2.45, 2.75) is 57.5 Å².